The van der Waals surface area contributed by atoms with E-state index in [0.717, 1.165) is 19.3 Å². The van der Waals surface area contributed by atoms with E-state index in [1.54, 1.807) is 21.3 Å². The number of hydrogen-bond acceptors (Lipinski definition) is 4. The van der Waals surface area contributed by atoms with Crippen molar-refractivity contribution in [3.8, 4) is 0 Å². The van der Waals surface area contributed by atoms with Crippen molar-refractivity contribution in [2.45, 2.75) is 30.7 Å². The molecule has 0 aliphatic heterocycles. The molecule has 0 heterocycles. The van der Waals surface area contributed by atoms with E-state index < -0.39 is 8.97 Å². The number of nitrogens with one attached hydrogen (secondary N) is 1. The average Bonchev–Trinajstić information content (AvgIpc) is 2.61. The lowest BCUT2D eigenvalue weighted by Crippen LogP contribution is -2.61. The van der Waals surface area contributed by atoms with E-state index in [-0.39, 0.29) is 11.4 Å². The summed E-state index contributed by atoms with van der Waals surface area (Å²) in [5, 5.41) is 0.155. The first-order valence-corrected chi connectivity index (χ1v) is 6.91. The van der Waals surface area contributed by atoms with Crippen LogP contribution in [0.15, 0.2) is 0 Å². The SMILES string of the molecule is CO[Si](NC1CCCC1Cl)(OC)OC. The van der Waals surface area contributed by atoms with Crippen LogP contribution >= 0.6 is 11.6 Å². The van der Waals surface area contributed by atoms with E-state index in [1.165, 1.54) is 0 Å². The number of rotatable bonds is 5. The van der Waals surface area contributed by atoms with Crippen molar-refractivity contribution >= 4 is 20.6 Å². The second-order valence-corrected chi connectivity index (χ2v) is 6.55. The minimum absolute atomic E-state index is 0.155. The Balaban J connectivity index is 2.54. The molecule has 1 N–H and O–H groups in total. The van der Waals surface area contributed by atoms with Crippen LogP contribution in [0.4, 0.5) is 0 Å². The van der Waals surface area contributed by atoms with E-state index in [2.05, 4.69) is 4.98 Å². The Morgan fingerprint density at radius 1 is 1.14 bits per heavy atom. The summed E-state index contributed by atoms with van der Waals surface area (Å²) in [5.41, 5.74) is 0. The quantitative estimate of drug-likeness (QED) is 0.577. The molecule has 0 saturated heterocycles. The highest BCUT2D eigenvalue weighted by atomic mass is 35.5. The molecule has 0 spiro atoms. The van der Waals surface area contributed by atoms with Gasteiger partial charge in [0.2, 0.25) is 0 Å². The fourth-order valence-electron chi connectivity index (χ4n) is 1.73. The van der Waals surface area contributed by atoms with E-state index in [1.807, 2.05) is 0 Å². The molecule has 84 valence electrons. The van der Waals surface area contributed by atoms with Crippen LogP contribution in [0.2, 0.25) is 0 Å². The average molecular weight is 240 g/mol. The fourth-order valence-corrected chi connectivity index (χ4v) is 3.83. The van der Waals surface area contributed by atoms with E-state index in [0.29, 0.717) is 0 Å². The first kappa shape index (κ1) is 12.4. The van der Waals surface area contributed by atoms with Gasteiger partial charge in [0, 0.05) is 32.7 Å². The predicted octanol–water partition coefficient (Wildman–Crippen LogP) is 1.11. The van der Waals surface area contributed by atoms with Gasteiger partial charge in [0.1, 0.15) is 0 Å². The van der Waals surface area contributed by atoms with Crippen LogP contribution in [0.25, 0.3) is 0 Å². The summed E-state index contributed by atoms with van der Waals surface area (Å²) < 4.78 is 15.8. The summed E-state index contributed by atoms with van der Waals surface area (Å²) >= 11 is 6.15. The molecule has 0 bridgehead atoms. The molecular formula is C8H18ClNO3Si. The molecule has 0 radical (unpaired) electrons. The van der Waals surface area contributed by atoms with Crippen LogP contribution in [0.1, 0.15) is 19.3 Å². The molecule has 0 amide bonds. The highest BCUT2D eigenvalue weighted by Crippen LogP contribution is 2.25. The molecule has 1 rings (SSSR count). The lowest BCUT2D eigenvalue weighted by Gasteiger charge is -2.28. The Hall–Kier alpha value is 0.347. The number of halogens is 1. The minimum atomic E-state index is -2.66. The highest BCUT2D eigenvalue weighted by molar-refractivity contribution is 6.57. The van der Waals surface area contributed by atoms with Crippen molar-refractivity contribution in [2.24, 2.45) is 0 Å². The smallest absolute Gasteiger partial charge is 0.364 e. The normalized spacial score (nSPS) is 28.3. The van der Waals surface area contributed by atoms with Crippen molar-refractivity contribution in [3.05, 3.63) is 0 Å². The summed E-state index contributed by atoms with van der Waals surface area (Å²) in [6, 6.07) is 0.239. The van der Waals surface area contributed by atoms with Crippen molar-refractivity contribution in [1.82, 2.24) is 4.98 Å². The molecule has 4 nitrogen and oxygen atoms in total. The molecule has 1 saturated carbocycles. The Morgan fingerprint density at radius 3 is 2.07 bits per heavy atom. The first-order chi connectivity index (χ1) is 6.67. The second-order valence-electron chi connectivity index (χ2n) is 3.37. The van der Waals surface area contributed by atoms with Crippen LogP contribution in [0.3, 0.4) is 0 Å². The highest BCUT2D eigenvalue weighted by Gasteiger charge is 2.43. The first-order valence-electron chi connectivity index (χ1n) is 4.74. The van der Waals surface area contributed by atoms with Crippen molar-refractivity contribution in [1.29, 1.82) is 0 Å². The third kappa shape index (κ3) is 2.68. The molecule has 1 fully saturated rings. The molecule has 0 aromatic carbocycles. The van der Waals surface area contributed by atoms with Gasteiger partial charge < -0.3 is 13.3 Å². The Bertz CT molecular complexity index is 172. The zero-order valence-corrected chi connectivity index (χ0v) is 10.6. The van der Waals surface area contributed by atoms with Crippen LogP contribution in [-0.2, 0) is 13.3 Å². The van der Waals surface area contributed by atoms with Crippen molar-refractivity contribution < 1.29 is 13.3 Å². The van der Waals surface area contributed by atoms with Crippen molar-refractivity contribution in [3.63, 3.8) is 0 Å². The lowest BCUT2D eigenvalue weighted by molar-refractivity contribution is 0.105. The molecule has 1 aliphatic rings. The van der Waals surface area contributed by atoms with Gasteiger partial charge in [-0.2, -0.15) is 0 Å². The Morgan fingerprint density at radius 2 is 1.71 bits per heavy atom. The Kier molecular flexibility index (Phi) is 4.82. The second kappa shape index (κ2) is 5.44. The van der Waals surface area contributed by atoms with Gasteiger partial charge in [0.15, 0.2) is 0 Å². The van der Waals surface area contributed by atoms with Crippen molar-refractivity contribution in [2.75, 3.05) is 21.3 Å². The van der Waals surface area contributed by atoms with Gasteiger partial charge in [-0.25, -0.2) is 0 Å². The molecular weight excluding hydrogens is 222 g/mol. The molecule has 0 aromatic rings. The lowest BCUT2D eigenvalue weighted by atomic mass is 10.3. The number of alkyl halides is 1. The van der Waals surface area contributed by atoms with Gasteiger partial charge in [-0.3, -0.25) is 4.98 Å². The largest absolute Gasteiger partial charge is 0.596 e. The van der Waals surface area contributed by atoms with Gasteiger partial charge in [-0.15, -0.1) is 11.6 Å². The van der Waals surface area contributed by atoms with Gasteiger partial charge in [-0.05, 0) is 12.8 Å². The van der Waals surface area contributed by atoms with Crippen LogP contribution in [-0.4, -0.2) is 41.7 Å². The van der Waals surface area contributed by atoms with E-state index in [4.69, 9.17) is 24.9 Å². The predicted molar refractivity (Wildman–Crippen MR) is 57.2 cm³/mol. The van der Waals surface area contributed by atoms with Gasteiger partial charge in [0.25, 0.3) is 0 Å². The summed E-state index contributed by atoms with van der Waals surface area (Å²) in [4.78, 5) is 3.27. The standard InChI is InChI=1S/C8H18ClNO3Si/c1-11-14(12-2,13-3)10-8-6-4-5-7(8)9/h7-8,10H,4-6H2,1-3H3. The maximum Gasteiger partial charge on any atom is 0.596 e. The topological polar surface area (TPSA) is 39.7 Å². The number of hydrogen-bond donors (Lipinski definition) is 1. The van der Waals surface area contributed by atoms with Crippen LogP contribution in [0.5, 0.6) is 0 Å². The molecule has 6 heteroatoms. The van der Waals surface area contributed by atoms with E-state index in [9.17, 15) is 0 Å². The molecule has 1 aliphatic carbocycles. The monoisotopic (exact) mass is 239 g/mol. The zero-order chi connectivity index (χ0) is 10.6. The van der Waals surface area contributed by atoms with Crippen LogP contribution in [0, 0.1) is 0 Å². The van der Waals surface area contributed by atoms with Gasteiger partial charge in [-0.1, -0.05) is 6.42 Å². The summed E-state index contributed by atoms with van der Waals surface area (Å²) in [6.07, 6.45) is 3.24. The molecule has 2 unspecified atom stereocenters. The zero-order valence-electron chi connectivity index (χ0n) is 8.88. The summed E-state index contributed by atoms with van der Waals surface area (Å²) in [6.45, 7) is 0. The summed E-state index contributed by atoms with van der Waals surface area (Å²) in [5.74, 6) is 0. The molecule has 14 heavy (non-hydrogen) atoms. The van der Waals surface area contributed by atoms with Crippen LogP contribution < -0.4 is 4.98 Å². The third-order valence-electron chi connectivity index (χ3n) is 2.60. The van der Waals surface area contributed by atoms with Gasteiger partial charge >= 0.3 is 8.97 Å². The van der Waals surface area contributed by atoms with E-state index >= 15 is 0 Å². The molecule has 0 aromatic heterocycles. The maximum atomic E-state index is 6.15. The summed E-state index contributed by atoms with van der Waals surface area (Å²) in [7, 11) is 2.10. The Labute approximate surface area is 91.3 Å². The minimum Gasteiger partial charge on any atom is -0.364 e. The molecule has 2 atom stereocenters. The maximum absolute atomic E-state index is 6.15. The third-order valence-corrected chi connectivity index (χ3v) is 5.46. The van der Waals surface area contributed by atoms with Gasteiger partial charge in [0.05, 0.1) is 0 Å². The fraction of sp³-hybridized carbons (Fsp3) is 1.00.